The zero-order valence-corrected chi connectivity index (χ0v) is 27.5. The Kier molecular flexibility index (Phi) is 6.28. The standard InChI is InChI=1S/C43H32N4O2/c1-43(25-45)23-39(46-35-18-14-29(48-2)21-33(35)41-31-10-6-4-8-26(31)12-16-37(41)46)28(24-44)20-40(43)47-36-19-15-30(49-3)22-34(36)42-32-11-7-5-9-27(32)13-17-38(42)47/h4-12,14-16,18-22H,13,17,23H2,1-3H3/t43-/m0/s1. The van der Waals surface area contributed by atoms with Crippen LogP contribution in [-0.4, -0.2) is 23.4 Å². The molecule has 0 amide bonds. The first kappa shape index (κ1) is 28.9. The molecule has 6 nitrogen and oxygen atoms in total. The number of hydrogen-bond donors (Lipinski definition) is 0. The number of fused-ring (bicyclic) bond motifs is 10. The summed E-state index contributed by atoms with van der Waals surface area (Å²) in [5.41, 5.74) is 9.06. The van der Waals surface area contributed by atoms with Crippen LogP contribution in [0, 0.1) is 28.1 Å². The van der Waals surface area contributed by atoms with Crippen molar-refractivity contribution >= 4 is 54.9 Å². The summed E-state index contributed by atoms with van der Waals surface area (Å²) >= 11 is 0. The van der Waals surface area contributed by atoms with Crippen LogP contribution >= 0.6 is 0 Å². The van der Waals surface area contributed by atoms with Crippen LogP contribution in [0.1, 0.15) is 24.6 Å². The Morgan fingerprint density at radius 1 is 0.714 bits per heavy atom. The number of aryl methyl sites for hydroxylation is 1. The van der Waals surface area contributed by atoms with Crippen LogP contribution < -0.4 is 9.47 Å². The lowest BCUT2D eigenvalue weighted by atomic mass is 9.77. The van der Waals surface area contributed by atoms with E-state index in [1.54, 1.807) is 14.2 Å². The second-order valence-corrected chi connectivity index (χ2v) is 13.2. The number of aromatic nitrogens is 2. The normalized spacial score (nSPS) is 17.1. The molecular weight excluding hydrogens is 604 g/mol. The molecule has 0 fully saturated rings. The summed E-state index contributed by atoms with van der Waals surface area (Å²) in [5, 5.41) is 27.5. The monoisotopic (exact) mass is 636 g/mol. The van der Waals surface area contributed by atoms with Crippen LogP contribution in [0.2, 0.25) is 0 Å². The number of allylic oxidation sites excluding steroid dienone is 4. The van der Waals surface area contributed by atoms with Gasteiger partial charge in [0.1, 0.15) is 23.0 Å². The molecule has 7 aromatic rings. The Balaban J connectivity index is 1.36. The fourth-order valence-electron chi connectivity index (χ4n) is 8.29. The lowest BCUT2D eigenvalue weighted by Crippen LogP contribution is -2.27. The molecule has 0 spiro atoms. The zero-order chi connectivity index (χ0) is 33.4. The van der Waals surface area contributed by atoms with E-state index in [1.165, 1.54) is 16.7 Å². The van der Waals surface area contributed by atoms with Gasteiger partial charge in [0.2, 0.25) is 0 Å². The van der Waals surface area contributed by atoms with Crippen molar-refractivity contribution in [3.63, 3.8) is 0 Å². The van der Waals surface area contributed by atoms with Gasteiger partial charge in [0, 0.05) is 45.2 Å². The van der Waals surface area contributed by atoms with Crippen molar-refractivity contribution in [3.8, 4) is 34.8 Å². The smallest absolute Gasteiger partial charge is 0.119 e. The van der Waals surface area contributed by atoms with Gasteiger partial charge < -0.3 is 18.6 Å². The van der Waals surface area contributed by atoms with E-state index in [4.69, 9.17) is 9.47 Å². The Bertz CT molecular complexity index is 2710. The number of rotatable bonds is 4. The summed E-state index contributed by atoms with van der Waals surface area (Å²) in [6, 6.07) is 38.8. The minimum Gasteiger partial charge on any atom is -0.497 e. The molecule has 0 bridgehead atoms. The molecule has 2 aliphatic rings. The Morgan fingerprint density at radius 3 is 2.16 bits per heavy atom. The topological polar surface area (TPSA) is 75.9 Å². The quantitative estimate of drug-likeness (QED) is 0.193. The van der Waals surface area contributed by atoms with Gasteiger partial charge in [0.15, 0.2) is 0 Å². The van der Waals surface area contributed by atoms with Crippen molar-refractivity contribution < 1.29 is 9.47 Å². The largest absolute Gasteiger partial charge is 0.497 e. The third-order valence-electron chi connectivity index (χ3n) is 10.6. The Hall–Kier alpha value is -6.24. The van der Waals surface area contributed by atoms with Crippen molar-refractivity contribution in [3.05, 3.63) is 120 Å². The fraction of sp³-hybridized carbons (Fsp3) is 0.163. The average molecular weight is 637 g/mol. The van der Waals surface area contributed by atoms with E-state index < -0.39 is 5.41 Å². The first-order valence-corrected chi connectivity index (χ1v) is 16.5. The molecule has 1 atom stereocenters. The van der Waals surface area contributed by atoms with Crippen molar-refractivity contribution in [1.82, 2.24) is 9.13 Å². The molecule has 2 aromatic heterocycles. The maximum atomic E-state index is 11.1. The molecule has 9 rings (SSSR count). The second-order valence-electron chi connectivity index (χ2n) is 13.2. The molecule has 0 radical (unpaired) electrons. The van der Waals surface area contributed by atoms with E-state index in [0.29, 0.717) is 12.0 Å². The maximum Gasteiger partial charge on any atom is 0.119 e. The predicted octanol–water partition coefficient (Wildman–Crippen LogP) is 9.89. The number of ether oxygens (including phenoxy) is 2. The van der Waals surface area contributed by atoms with Gasteiger partial charge in [-0.1, -0.05) is 54.6 Å². The van der Waals surface area contributed by atoms with Gasteiger partial charge >= 0.3 is 0 Å². The van der Waals surface area contributed by atoms with Crippen LogP contribution in [0.4, 0.5) is 0 Å². The predicted molar refractivity (Wildman–Crippen MR) is 196 cm³/mol. The first-order valence-electron chi connectivity index (χ1n) is 16.5. The van der Waals surface area contributed by atoms with Crippen LogP contribution in [0.5, 0.6) is 11.5 Å². The molecule has 0 saturated heterocycles. The zero-order valence-electron chi connectivity index (χ0n) is 27.5. The minimum absolute atomic E-state index is 0.358. The number of nitrogens with zero attached hydrogens (tertiary/aromatic N) is 4. The highest BCUT2D eigenvalue weighted by molar-refractivity contribution is 6.22. The van der Waals surface area contributed by atoms with Crippen LogP contribution in [0.3, 0.4) is 0 Å². The van der Waals surface area contributed by atoms with E-state index >= 15 is 0 Å². The van der Waals surface area contributed by atoms with Gasteiger partial charge in [-0.2, -0.15) is 10.5 Å². The highest BCUT2D eigenvalue weighted by Gasteiger charge is 2.40. The molecular formula is C43H32N4O2. The minimum atomic E-state index is -0.946. The molecule has 2 aliphatic carbocycles. The highest BCUT2D eigenvalue weighted by atomic mass is 16.5. The van der Waals surface area contributed by atoms with Crippen LogP contribution in [0.15, 0.2) is 109 Å². The van der Waals surface area contributed by atoms with E-state index in [1.807, 2.05) is 25.1 Å². The summed E-state index contributed by atoms with van der Waals surface area (Å²) in [6.07, 6.45) is 4.05. The summed E-state index contributed by atoms with van der Waals surface area (Å²) in [4.78, 5) is 0. The molecule has 6 heteroatoms. The molecule has 0 saturated carbocycles. The van der Waals surface area contributed by atoms with Gasteiger partial charge in [-0.05, 0) is 90.2 Å². The number of nitriles is 2. The van der Waals surface area contributed by atoms with Crippen molar-refractivity contribution in [2.24, 2.45) is 5.41 Å². The lowest BCUT2D eigenvalue weighted by molar-refractivity contribution is 0.415. The first-order chi connectivity index (χ1) is 24.0. The van der Waals surface area contributed by atoms with Crippen molar-refractivity contribution in [1.29, 1.82) is 10.5 Å². The number of hydrogen-bond acceptors (Lipinski definition) is 4. The van der Waals surface area contributed by atoms with Gasteiger partial charge in [-0.25, -0.2) is 0 Å². The fourth-order valence-corrected chi connectivity index (χ4v) is 8.29. The molecule has 236 valence electrons. The lowest BCUT2D eigenvalue weighted by Gasteiger charge is -2.34. The second kappa shape index (κ2) is 10.6. The molecule has 5 aromatic carbocycles. The summed E-state index contributed by atoms with van der Waals surface area (Å²) in [5.74, 6) is 1.55. The highest BCUT2D eigenvalue weighted by Crippen LogP contribution is 2.51. The molecule has 49 heavy (non-hydrogen) atoms. The number of methoxy groups -OCH3 is 2. The van der Waals surface area contributed by atoms with E-state index in [0.717, 1.165) is 84.9 Å². The Labute approximate surface area is 283 Å². The molecule has 0 aliphatic heterocycles. The number of benzene rings is 5. The van der Waals surface area contributed by atoms with Gasteiger partial charge in [-0.15, -0.1) is 0 Å². The van der Waals surface area contributed by atoms with Gasteiger partial charge in [-0.3, -0.25) is 0 Å². The maximum absolute atomic E-state index is 11.1. The third-order valence-corrected chi connectivity index (χ3v) is 10.6. The summed E-state index contributed by atoms with van der Waals surface area (Å²) < 4.78 is 15.8. The van der Waals surface area contributed by atoms with E-state index in [2.05, 4.69) is 106 Å². The van der Waals surface area contributed by atoms with Gasteiger partial charge in [0.05, 0.1) is 42.4 Å². The third kappa shape index (κ3) is 4.04. The van der Waals surface area contributed by atoms with Crippen molar-refractivity contribution in [2.75, 3.05) is 14.2 Å². The summed E-state index contributed by atoms with van der Waals surface area (Å²) in [6.45, 7) is 2.01. The molecule has 0 N–H and O–H groups in total. The molecule has 0 unspecified atom stereocenters. The van der Waals surface area contributed by atoms with E-state index in [-0.39, 0.29) is 0 Å². The van der Waals surface area contributed by atoms with E-state index in [9.17, 15) is 10.5 Å². The van der Waals surface area contributed by atoms with Crippen LogP contribution in [0.25, 0.3) is 66.0 Å². The van der Waals surface area contributed by atoms with Crippen molar-refractivity contribution in [2.45, 2.75) is 26.2 Å². The molecule has 2 heterocycles. The summed E-state index contributed by atoms with van der Waals surface area (Å²) in [7, 11) is 3.37. The van der Waals surface area contributed by atoms with Crippen LogP contribution in [-0.2, 0) is 12.8 Å². The SMILES string of the molecule is COc1ccc2c(c1)c1c(n2C2=CC(C#N)=C(n3c4ccc(OC)cc4c4c5ccccc5ccc43)C[C@@]2(C)C#N)CCc2ccccc2-1. The Morgan fingerprint density at radius 2 is 1.41 bits per heavy atom. The van der Waals surface area contributed by atoms with Gasteiger partial charge in [0.25, 0.3) is 0 Å². The average Bonchev–Trinajstić information content (AvgIpc) is 3.66.